The Balaban J connectivity index is 1.90. The van der Waals surface area contributed by atoms with Gasteiger partial charge in [0.05, 0.1) is 23.9 Å². The first-order valence-corrected chi connectivity index (χ1v) is 10.8. The highest BCUT2D eigenvalue weighted by Gasteiger charge is 2.26. The molecule has 2 aromatic carbocycles. The maximum absolute atomic E-state index is 14.8. The summed E-state index contributed by atoms with van der Waals surface area (Å²) in [6.07, 6.45) is 2.33. The van der Waals surface area contributed by atoms with E-state index < -0.39 is 29.7 Å². The molecule has 0 bridgehead atoms. The van der Waals surface area contributed by atoms with E-state index in [0.717, 1.165) is 6.07 Å². The number of hydrogen-bond acceptors (Lipinski definition) is 6. The molecule has 1 amide bonds. The van der Waals surface area contributed by atoms with Gasteiger partial charge in [-0.3, -0.25) is 9.78 Å². The number of carbonyl (C=O) groups is 1. The maximum atomic E-state index is 14.8. The minimum atomic E-state index is -0.780. The summed E-state index contributed by atoms with van der Waals surface area (Å²) in [6, 6.07) is 13.8. The van der Waals surface area contributed by atoms with Crippen molar-refractivity contribution in [2.75, 3.05) is 13.7 Å². The van der Waals surface area contributed by atoms with E-state index in [-0.39, 0.29) is 35.6 Å². The van der Waals surface area contributed by atoms with Gasteiger partial charge in [-0.1, -0.05) is 24.3 Å². The zero-order valence-electron chi connectivity index (χ0n) is 19.0. The number of nitrogens with one attached hydrogen (secondary N) is 2. The first-order valence-electron chi connectivity index (χ1n) is 10.8. The van der Waals surface area contributed by atoms with Gasteiger partial charge in [0.2, 0.25) is 0 Å². The van der Waals surface area contributed by atoms with Crippen LogP contribution in [0.15, 0.2) is 72.9 Å². The molecule has 3 aromatic rings. The Labute approximate surface area is 201 Å². The molecule has 0 saturated heterocycles. The van der Waals surface area contributed by atoms with E-state index in [2.05, 4.69) is 10.3 Å². The van der Waals surface area contributed by atoms with Gasteiger partial charge in [-0.2, -0.15) is 0 Å². The Morgan fingerprint density at radius 3 is 2.54 bits per heavy atom. The molecule has 0 aliphatic heterocycles. The number of benzene rings is 2. The number of aromatic nitrogens is 1. The predicted octanol–water partition coefficient (Wildman–Crippen LogP) is 3.08. The van der Waals surface area contributed by atoms with Crippen molar-refractivity contribution in [1.82, 2.24) is 10.3 Å². The number of halogens is 2. The summed E-state index contributed by atoms with van der Waals surface area (Å²) < 4.78 is 33.3. The Kier molecular flexibility index (Phi) is 8.77. The summed E-state index contributed by atoms with van der Waals surface area (Å²) in [5.41, 5.74) is 6.58. The quantitative estimate of drug-likeness (QED) is 0.332. The Bertz CT molecular complexity index is 1200. The van der Waals surface area contributed by atoms with Gasteiger partial charge in [0.25, 0.3) is 5.91 Å². The van der Waals surface area contributed by atoms with Crippen LogP contribution in [0.5, 0.6) is 0 Å². The van der Waals surface area contributed by atoms with Crippen LogP contribution in [0.2, 0.25) is 0 Å². The normalized spacial score (nSPS) is 13.2. The minimum absolute atomic E-state index is 0.0861. The molecule has 0 radical (unpaired) electrons. The third kappa shape index (κ3) is 6.56. The molecule has 9 heteroatoms. The number of hydrogen-bond donors (Lipinski definition) is 4. The predicted molar refractivity (Wildman–Crippen MR) is 129 cm³/mol. The summed E-state index contributed by atoms with van der Waals surface area (Å²) in [6.45, 7) is -0.364. The van der Waals surface area contributed by atoms with E-state index in [9.17, 15) is 18.7 Å². The van der Waals surface area contributed by atoms with Crippen LogP contribution in [0, 0.1) is 17.0 Å². The average Bonchev–Trinajstić information content (AvgIpc) is 2.85. The molecule has 7 nitrogen and oxygen atoms in total. The van der Waals surface area contributed by atoms with Gasteiger partial charge < -0.3 is 26.3 Å². The second-order valence-corrected chi connectivity index (χ2v) is 7.74. The number of pyridine rings is 1. The standard InChI is InChI=1S/C26H26F2N4O3/c1-35-24(15-33)23(13-18-5-2-3-12-31-18)32-26(34)19-6-4-7-20(28)25(19)22(30)14-21(29)16-8-10-17(27)11-9-16/h2-12,14,23-24,30,33H,13,15,29H2,1H3,(H,32,34)/b21-14-,30-22?/t23-,24+/m1/s1. The van der Waals surface area contributed by atoms with Crippen molar-refractivity contribution in [1.29, 1.82) is 5.41 Å². The van der Waals surface area contributed by atoms with Crippen LogP contribution < -0.4 is 11.1 Å². The lowest BCUT2D eigenvalue weighted by Crippen LogP contribution is -2.47. The fraction of sp³-hybridized carbons (Fsp3) is 0.192. The molecule has 35 heavy (non-hydrogen) atoms. The van der Waals surface area contributed by atoms with Gasteiger partial charge in [0.1, 0.15) is 17.7 Å². The van der Waals surface area contributed by atoms with E-state index in [1.54, 1.807) is 24.4 Å². The lowest BCUT2D eigenvalue weighted by molar-refractivity contribution is 0.0214. The molecule has 1 aromatic heterocycles. The topological polar surface area (TPSA) is 121 Å². The molecule has 1 heterocycles. The first-order chi connectivity index (χ1) is 16.8. The van der Waals surface area contributed by atoms with Crippen LogP contribution >= 0.6 is 0 Å². The van der Waals surface area contributed by atoms with Crippen LogP contribution in [-0.2, 0) is 11.2 Å². The van der Waals surface area contributed by atoms with Gasteiger partial charge in [0.15, 0.2) is 0 Å². The van der Waals surface area contributed by atoms with Crippen molar-refractivity contribution in [3.63, 3.8) is 0 Å². The van der Waals surface area contributed by atoms with Crippen molar-refractivity contribution in [2.45, 2.75) is 18.6 Å². The largest absolute Gasteiger partial charge is 0.398 e. The lowest BCUT2D eigenvalue weighted by Gasteiger charge is -2.26. The fourth-order valence-electron chi connectivity index (χ4n) is 3.57. The second-order valence-electron chi connectivity index (χ2n) is 7.74. The van der Waals surface area contributed by atoms with Crippen LogP contribution in [0.4, 0.5) is 8.78 Å². The van der Waals surface area contributed by atoms with E-state index in [4.69, 9.17) is 15.9 Å². The molecule has 0 unspecified atom stereocenters. The van der Waals surface area contributed by atoms with Crippen molar-refractivity contribution < 1.29 is 23.4 Å². The number of methoxy groups -OCH3 is 1. The molecule has 2 atom stereocenters. The number of allylic oxidation sites excluding steroid dienone is 1. The maximum Gasteiger partial charge on any atom is 0.252 e. The third-order valence-electron chi connectivity index (χ3n) is 5.41. The van der Waals surface area contributed by atoms with Crippen LogP contribution in [0.3, 0.4) is 0 Å². The number of aliphatic hydroxyl groups is 1. The molecule has 0 fully saturated rings. The van der Waals surface area contributed by atoms with E-state index >= 15 is 0 Å². The molecule has 182 valence electrons. The van der Waals surface area contributed by atoms with Gasteiger partial charge >= 0.3 is 0 Å². The number of ether oxygens (including phenoxy) is 1. The molecule has 3 rings (SSSR count). The molecule has 0 spiro atoms. The number of amides is 1. The van der Waals surface area contributed by atoms with Crippen LogP contribution in [0.25, 0.3) is 5.70 Å². The van der Waals surface area contributed by atoms with Crippen molar-refractivity contribution in [3.8, 4) is 0 Å². The summed E-state index contributed by atoms with van der Waals surface area (Å²) in [7, 11) is 1.41. The Morgan fingerprint density at radius 2 is 1.91 bits per heavy atom. The Morgan fingerprint density at radius 1 is 1.17 bits per heavy atom. The Hall–Kier alpha value is -3.95. The molecule has 0 aliphatic carbocycles. The summed E-state index contributed by atoms with van der Waals surface area (Å²) in [5.74, 6) is -1.88. The van der Waals surface area contributed by atoms with E-state index in [0.29, 0.717) is 11.3 Å². The number of rotatable bonds is 10. The zero-order chi connectivity index (χ0) is 25.4. The average molecular weight is 481 g/mol. The molecular weight excluding hydrogens is 454 g/mol. The third-order valence-corrected chi connectivity index (χ3v) is 5.41. The highest BCUT2D eigenvalue weighted by atomic mass is 19.1. The van der Waals surface area contributed by atoms with Gasteiger partial charge in [-0.15, -0.1) is 0 Å². The smallest absolute Gasteiger partial charge is 0.252 e. The van der Waals surface area contributed by atoms with Gasteiger partial charge in [0, 0.05) is 36.7 Å². The van der Waals surface area contributed by atoms with Crippen molar-refractivity contribution >= 4 is 17.3 Å². The van der Waals surface area contributed by atoms with Crippen molar-refractivity contribution in [2.24, 2.45) is 5.73 Å². The molecular formula is C26H26F2N4O3. The molecule has 0 saturated carbocycles. The first kappa shape index (κ1) is 25.7. The second kappa shape index (κ2) is 12.0. The zero-order valence-corrected chi connectivity index (χ0v) is 19.0. The summed E-state index contributed by atoms with van der Waals surface area (Å²) in [5, 5.41) is 20.9. The number of aliphatic hydroxyl groups excluding tert-OH is 1. The van der Waals surface area contributed by atoms with E-state index in [1.165, 1.54) is 49.6 Å². The van der Waals surface area contributed by atoms with Crippen molar-refractivity contribution in [3.05, 3.63) is 107 Å². The van der Waals surface area contributed by atoms with Crippen LogP contribution in [0.1, 0.15) is 27.2 Å². The molecule has 0 aliphatic rings. The van der Waals surface area contributed by atoms with E-state index in [1.807, 2.05) is 0 Å². The SMILES string of the molecule is CO[C@@H](CO)[C@@H](Cc1ccccn1)NC(=O)c1cccc(F)c1C(=N)/C=C(\N)c1ccc(F)cc1. The van der Waals surface area contributed by atoms with Gasteiger partial charge in [-0.05, 0) is 48.0 Å². The van der Waals surface area contributed by atoms with Gasteiger partial charge in [-0.25, -0.2) is 8.78 Å². The monoisotopic (exact) mass is 480 g/mol. The summed E-state index contributed by atoms with van der Waals surface area (Å²) in [4.78, 5) is 17.5. The number of nitrogens with two attached hydrogens (primary N) is 1. The van der Waals surface area contributed by atoms with Crippen LogP contribution in [-0.4, -0.2) is 47.6 Å². The summed E-state index contributed by atoms with van der Waals surface area (Å²) >= 11 is 0. The highest BCUT2D eigenvalue weighted by Crippen LogP contribution is 2.19. The number of carbonyl (C=O) groups excluding carboxylic acids is 1. The molecule has 5 N–H and O–H groups in total. The highest BCUT2D eigenvalue weighted by molar-refractivity contribution is 6.16. The minimum Gasteiger partial charge on any atom is -0.398 e. The fourth-order valence-corrected chi connectivity index (χ4v) is 3.57. The lowest BCUT2D eigenvalue weighted by atomic mass is 9.98. The number of nitrogens with zero attached hydrogens (tertiary/aromatic N) is 1.